The summed E-state index contributed by atoms with van der Waals surface area (Å²) < 4.78 is 15.4. The maximum absolute atomic E-state index is 12.4. The van der Waals surface area contributed by atoms with Crippen molar-refractivity contribution in [1.29, 1.82) is 0 Å². The summed E-state index contributed by atoms with van der Waals surface area (Å²) in [6.07, 6.45) is -0.0339. The average molecular weight is 393 g/mol. The molecule has 28 heavy (non-hydrogen) atoms. The molecule has 1 aromatic rings. The fraction of sp³-hybridized carbons (Fsp3) is 0.444. The lowest BCUT2D eigenvalue weighted by Gasteiger charge is -2.20. The lowest BCUT2D eigenvalue weighted by atomic mass is 10.1. The molecule has 152 valence electrons. The van der Waals surface area contributed by atoms with Gasteiger partial charge in [-0.15, -0.1) is 0 Å². The van der Waals surface area contributed by atoms with Crippen molar-refractivity contribution in [3.05, 3.63) is 18.2 Å². The number of amides is 3. The summed E-state index contributed by atoms with van der Waals surface area (Å²) in [5.41, 5.74) is 0.520. The molecule has 1 fully saturated rings. The van der Waals surface area contributed by atoms with Gasteiger partial charge in [-0.1, -0.05) is 0 Å². The third-order valence-corrected chi connectivity index (χ3v) is 4.21. The summed E-state index contributed by atoms with van der Waals surface area (Å²) in [7, 11) is 4.43. The van der Waals surface area contributed by atoms with Gasteiger partial charge in [0.2, 0.25) is 11.8 Å². The number of ether oxygens (including phenoxy) is 3. The molecule has 1 atom stereocenters. The molecular formula is C18H23N3O7. The van der Waals surface area contributed by atoms with Crippen molar-refractivity contribution in [1.82, 2.24) is 10.6 Å². The number of hydrogen-bond donors (Lipinski definition) is 2. The van der Waals surface area contributed by atoms with Crippen LogP contribution in [0.25, 0.3) is 0 Å². The lowest BCUT2D eigenvalue weighted by Crippen LogP contribution is -2.37. The van der Waals surface area contributed by atoms with Gasteiger partial charge >= 0.3 is 5.97 Å². The lowest BCUT2D eigenvalue weighted by molar-refractivity contribution is -0.152. The zero-order valence-electron chi connectivity index (χ0n) is 15.9. The topological polar surface area (TPSA) is 123 Å². The van der Waals surface area contributed by atoms with Crippen molar-refractivity contribution < 1.29 is 33.4 Å². The minimum atomic E-state index is -0.703. The summed E-state index contributed by atoms with van der Waals surface area (Å²) in [5.74, 6) is -1.57. The Morgan fingerprint density at radius 1 is 1.18 bits per heavy atom. The molecule has 1 saturated heterocycles. The van der Waals surface area contributed by atoms with Gasteiger partial charge in [0, 0.05) is 26.1 Å². The Bertz CT molecular complexity index is 766. The molecule has 0 bridgehead atoms. The molecular weight excluding hydrogens is 370 g/mol. The number of carbonyl (C=O) groups is 4. The Kier molecular flexibility index (Phi) is 7.19. The minimum absolute atomic E-state index is 0.0339. The van der Waals surface area contributed by atoms with Crippen molar-refractivity contribution in [3.63, 3.8) is 0 Å². The Morgan fingerprint density at radius 2 is 1.93 bits per heavy atom. The summed E-state index contributed by atoms with van der Waals surface area (Å²) >= 11 is 0. The second-order valence-corrected chi connectivity index (χ2v) is 6.00. The minimum Gasteiger partial charge on any atom is -0.497 e. The van der Waals surface area contributed by atoms with Gasteiger partial charge < -0.3 is 29.7 Å². The molecule has 1 aromatic carbocycles. The number of anilines is 1. The van der Waals surface area contributed by atoms with Crippen LogP contribution in [0.2, 0.25) is 0 Å². The van der Waals surface area contributed by atoms with Crippen molar-refractivity contribution in [3.8, 4) is 11.5 Å². The van der Waals surface area contributed by atoms with Gasteiger partial charge in [0.1, 0.15) is 11.5 Å². The Hall–Kier alpha value is -3.30. The van der Waals surface area contributed by atoms with Crippen LogP contribution in [0.1, 0.15) is 6.42 Å². The molecule has 1 aliphatic rings. The first-order valence-corrected chi connectivity index (χ1v) is 8.55. The molecule has 10 nitrogen and oxygen atoms in total. The molecule has 0 aromatic heterocycles. The van der Waals surface area contributed by atoms with Gasteiger partial charge in [-0.05, 0) is 12.1 Å². The molecule has 0 saturated carbocycles. The van der Waals surface area contributed by atoms with Crippen LogP contribution >= 0.6 is 0 Å². The monoisotopic (exact) mass is 393 g/mol. The molecule has 0 radical (unpaired) electrons. The van der Waals surface area contributed by atoms with E-state index < -0.39 is 24.4 Å². The number of rotatable bonds is 8. The first kappa shape index (κ1) is 21.0. The first-order valence-electron chi connectivity index (χ1n) is 8.55. The highest BCUT2D eigenvalue weighted by Gasteiger charge is 2.37. The van der Waals surface area contributed by atoms with E-state index >= 15 is 0 Å². The van der Waals surface area contributed by atoms with Crippen LogP contribution in [-0.2, 0) is 23.9 Å². The summed E-state index contributed by atoms with van der Waals surface area (Å²) in [6, 6.07) is 5.01. The highest BCUT2D eigenvalue weighted by Crippen LogP contribution is 2.35. The molecule has 2 N–H and O–H groups in total. The normalized spacial score (nSPS) is 15.8. The second kappa shape index (κ2) is 9.58. The van der Waals surface area contributed by atoms with Crippen LogP contribution in [-0.4, -0.2) is 64.7 Å². The zero-order valence-corrected chi connectivity index (χ0v) is 15.9. The average Bonchev–Trinajstić information content (AvgIpc) is 3.10. The predicted molar refractivity (Wildman–Crippen MR) is 98.0 cm³/mol. The molecule has 1 aliphatic heterocycles. The van der Waals surface area contributed by atoms with Crippen molar-refractivity contribution >= 4 is 29.4 Å². The number of carbonyl (C=O) groups excluding carboxylic acids is 4. The molecule has 10 heteroatoms. The maximum atomic E-state index is 12.4. The van der Waals surface area contributed by atoms with E-state index in [0.29, 0.717) is 17.2 Å². The number of likely N-dealkylation sites (N-methyl/N-ethyl adjacent to an activating group) is 1. The number of hydrogen-bond acceptors (Lipinski definition) is 7. The quantitative estimate of drug-likeness (QED) is 0.569. The number of nitrogens with one attached hydrogen (secondary N) is 2. The molecule has 2 rings (SSSR count). The van der Waals surface area contributed by atoms with Crippen molar-refractivity contribution in [2.45, 2.75) is 6.42 Å². The Labute approximate surface area is 162 Å². The van der Waals surface area contributed by atoms with Crippen LogP contribution in [0, 0.1) is 5.92 Å². The number of methoxy groups -OCH3 is 2. The van der Waals surface area contributed by atoms with Crippen LogP contribution in [0.15, 0.2) is 18.2 Å². The number of nitrogens with zero attached hydrogens (tertiary/aromatic N) is 1. The maximum Gasteiger partial charge on any atom is 0.311 e. The highest BCUT2D eigenvalue weighted by molar-refractivity contribution is 6.00. The van der Waals surface area contributed by atoms with Crippen LogP contribution < -0.4 is 25.0 Å². The van der Waals surface area contributed by atoms with E-state index in [4.69, 9.17) is 14.2 Å². The third kappa shape index (κ3) is 5.12. The zero-order chi connectivity index (χ0) is 20.7. The van der Waals surface area contributed by atoms with Gasteiger partial charge in [-0.3, -0.25) is 19.2 Å². The standard InChI is InChI=1S/C18H23N3O7/c1-19-15(22)8-20-16(23)10-28-18(25)11-6-17(24)21(9-11)13-5-4-12(26-2)7-14(13)27-3/h4-5,7,11H,6,8-10H2,1-3H3,(H,19,22)(H,20,23)/t11-/m0/s1. The smallest absolute Gasteiger partial charge is 0.311 e. The first-order chi connectivity index (χ1) is 13.4. The van der Waals surface area contributed by atoms with Crippen LogP contribution in [0.4, 0.5) is 5.69 Å². The highest BCUT2D eigenvalue weighted by atomic mass is 16.5. The van der Waals surface area contributed by atoms with Gasteiger partial charge in [0.25, 0.3) is 5.91 Å². The largest absolute Gasteiger partial charge is 0.497 e. The van der Waals surface area contributed by atoms with E-state index in [-0.39, 0.29) is 31.3 Å². The van der Waals surface area contributed by atoms with E-state index in [1.807, 2.05) is 0 Å². The predicted octanol–water partition coefficient (Wildman–Crippen LogP) is -0.538. The van der Waals surface area contributed by atoms with E-state index in [2.05, 4.69) is 10.6 Å². The van der Waals surface area contributed by atoms with Crippen LogP contribution in [0.3, 0.4) is 0 Å². The summed E-state index contributed by atoms with van der Waals surface area (Å²) in [6.45, 7) is -0.619. The fourth-order valence-corrected chi connectivity index (χ4v) is 2.68. The van der Waals surface area contributed by atoms with Gasteiger partial charge in [0.05, 0.1) is 32.4 Å². The number of esters is 1. The van der Waals surface area contributed by atoms with Gasteiger partial charge in [-0.2, -0.15) is 0 Å². The van der Waals surface area contributed by atoms with Crippen molar-refractivity contribution in [2.75, 3.05) is 45.9 Å². The van der Waals surface area contributed by atoms with Crippen molar-refractivity contribution in [2.24, 2.45) is 5.92 Å². The number of benzene rings is 1. The Morgan fingerprint density at radius 3 is 2.57 bits per heavy atom. The SMILES string of the molecule is CNC(=O)CNC(=O)COC(=O)[C@H]1CC(=O)N(c2ccc(OC)cc2OC)C1. The Balaban J connectivity index is 1.94. The fourth-order valence-electron chi connectivity index (χ4n) is 2.68. The summed E-state index contributed by atoms with van der Waals surface area (Å²) in [4.78, 5) is 48.7. The molecule has 0 aliphatic carbocycles. The second-order valence-electron chi connectivity index (χ2n) is 6.00. The van der Waals surface area contributed by atoms with E-state index in [9.17, 15) is 19.2 Å². The third-order valence-electron chi connectivity index (χ3n) is 4.21. The van der Waals surface area contributed by atoms with Gasteiger partial charge in [0.15, 0.2) is 6.61 Å². The van der Waals surface area contributed by atoms with E-state index in [1.54, 1.807) is 18.2 Å². The van der Waals surface area contributed by atoms with E-state index in [0.717, 1.165) is 0 Å². The molecule has 0 unspecified atom stereocenters. The van der Waals surface area contributed by atoms with Gasteiger partial charge in [-0.25, -0.2) is 0 Å². The van der Waals surface area contributed by atoms with E-state index in [1.165, 1.54) is 26.2 Å². The van der Waals surface area contributed by atoms with Crippen LogP contribution in [0.5, 0.6) is 11.5 Å². The molecule has 0 spiro atoms. The molecule has 1 heterocycles. The molecule has 3 amide bonds. The summed E-state index contributed by atoms with van der Waals surface area (Å²) in [5, 5.41) is 4.66.